The van der Waals surface area contributed by atoms with E-state index < -0.39 is 0 Å². The third kappa shape index (κ3) is 4.36. The van der Waals surface area contributed by atoms with E-state index >= 15 is 0 Å². The Balaban J connectivity index is 2.95. The predicted molar refractivity (Wildman–Crippen MR) is 71.2 cm³/mol. The van der Waals surface area contributed by atoms with Gasteiger partial charge in [-0.05, 0) is 37.6 Å². The van der Waals surface area contributed by atoms with Gasteiger partial charge in [-0.2, -0.15) is 0 Å². The average Bonchev–Trinajstić information content (AvgIpc) is 2.24. The summed E-state index contributed by atoms with van der Waals surface area (Å²) in [7, 11) is 1.63. The Morgan fingerprint density at radius 2 is 2.06 bits per heavy atom. The van der Waals surface area contributed by atoms with Crippen LogP contribution in [-0.4, -0.2) is 26.4 Å². The zero-order chi connectivity index (χ0) is 12.8. The monoisotopic (exact) mass is 277 g/mol. The molecule has 96 valence electrons. The van der Waals surface area contributed by atoms with Crippen molar-refractivity contribution in [2.75, 3.05) is 20.3 Å². The Labute approximate surface area is 112 Å². The lowest BCUT2D eigenvalue weighted by Gasteiger charge is -2.18. The van der Waals surface area contributed by atoms with Crippen LogP contribution in [0, 0.1) is 0 Å². The van der Waals surface area contributed by atoms with Crippen LogP contribution < -0.4 is 10.5 Å². The summed E-state index contributed by atoms with van der Waals surface area (Å²) in [6.45, 7) is 2.94. The summed E-state index contributed by atoms with van der Waals surface area (Å²) in [5, 5.41) is 1.09. The number of nitrogens with two attached hydrogens (primary N) is 1. The van der Waals surface area contributed by atoms with Crippen LogP contribution in [0.15, 0.2) is 12.1 Å². The first-order valence-corrected chi connectivity index (χ1v) is 6.17. The standard InChI is InChI=1S/C12H17Cl2NO2/c1-8(7-16-2)17-12-9(3-4-15)5-10(13)6-11(12)14/h5-6,8H,3-4,7,15H2,1-2H3. The topological polar surface area (TPSA) is 44.5 Å². The Morgan fingerprint density at radius 3 is 2.65 bits per heavy atom. The molecule has 0 fully saturated rings. The molecule has 1 unspecified atom stereocenters. The van der Waals surface area contributed by atoms with Crippen LogP contribution in [0.1, 0.15) is 12.5 Å². The maximum Gasteiger partial charge on any atom is 0.141 e. The molecule has 0 saturated carbocycles. The largest absolute Gasteiger partial charge is 0.486 e. The summed E-state index contributed by atoms with van der Waals surface area (Å²) in [5.74, 6) is 0.645. The molecule has 0 spiro atoms. The van der Waals surface area contributed by atoms with Crippen LogP contribution in [0.5, 0.6) is 5.75 Å². The molecular formula is C12H17Cl2NO2. The highest BCUT2D eigenvalue weighted by molar-refractivity contribution is 6.35. The lowest BCUT2D eigenvalue weighted by molar-refractivity contribution is 0.0915. The summed E-state index contributed by atoms with van der Waals surface area (Å²) in [6.07, 6.45) is 0.602. The van der Waals surface area contributed by atoms with E-state index in [4.69, 9.17) is 38.4 Å². The van der Waals surface area contributed by atoms with Crippen molar-refractivity contribution in [2.24, 2.45) is 5.73 Å². The maximum absolute atomic E-state index is 6.12. The van der Waals surface area contributed by atoms with Gasteiger partial charge in [-0.3, -0.25) is 0 Å². The predicted octanol–water partition coefficient (Wildman–Crippen LogP) is 2.91. The Hall–Kier alpha value is -0.480. The van der Waals surface area contributed by atoms with Crippen LogP contribution in [0.25, 0.3) is 0 Å². The van der Waals surface area contributed by atoms with Gasteiger partial charge in [-0.1, -0.05) is 23.2 Å². The number of halogens is 2. The summed E-state index contributed by atoms with van der Waals surface area (Å²) >= 11 is 12.1. The molecule has 0 aliphatic heterocycles. The van der Waals surface area contributed by atoms with Gasteiger partial charge in [0.1, 0.15) is 11.9 Å². The molecule has 0 aliphatic rings. The fourth-order valence-electron chi connectivity index (χ4n) is 1.56. The van der Waals surface area contributed by atoms with Crippen molar-refractivity contribution in [3.8, 4) is 5.75 Å². The van der Waals surface area contributed by atoms with Gasteiger partial charge in [0.25, 0.3) is 0 Å². The molecule has 1 atom stereocenters. The molecule has 17 heavy (non-hydrogen) atoms. The molecule has 0 radical (unpaired) electrons. The van der Waals surface area contributed by atoms with Crippen LogP contribution in [0.2, 0.25) is 10.0 Å². The molecule has 0 aromatic heterocycles. The quantitative estimate of drug-likeness (QED) is 0.870. The molecule has 3 nitrogen and oxygen atoms in total. The highest BCUT2D eigenvalue weighted by atomic mass is 35.5. The first-order chi connectivity index (χ1) is 8.08. The van der Waals surface area contributed by atoms with Crippen molar-refractivity contribution < 1.29 is 9.47 Å². The van der Waals surface area contributed by atoms with Crippen LogP contribution in [0.3, 0.4) is 0 Å². The molecule has 1 aromatic carbocycles. The van der Waals surface area contributed by atoms with Crippen molar-refractivity contribution in [3.05, 3.63) is 27.7 Å². The van der Waals surface area contributed by atoms with Crippen molar-refractivity contribution in [1.82, 2.24) is 0 Å². The molecule has 0 heterocycles. The first-order valence-electron chi connectivity index (χ1n) is 5.42. The van der Waals surface area contributed by atoms with Gasteiger partial charge < -0.3 is 15.2 Å². The van der Waals surface area contributed by atoms with Crippen LogP contribution in [0.4, 0.5) is 0 Å². The lowest BCUT2D eigenvalue weighted by atomic mass is 10.1. The third-order valence-corrected chi connectivity index (χ3v) is 2.72. The molecule has 5 heteroatoms. The maximum atomic E-state index is 6.12. The van der Waals surface area contributed by atoms with E-state index in [1.54, 1.807) is 13.2 Å². The second kappa shape index (κ2) is 7.07. The number of hydrogen-bond acceptors (Lipinski definition) is 3. The molecule has 0 aliphatic carbocycles. The number of rotatable bonds is 6. The lowest BCUT2D eigenvalue weighted by Crippen LogP contribution is -2.19. The summed E-state index contributed by atoms with van der Waals surface area (Å²) in [5.41, 5.74) is 6.48. The van der Waals surface area contributed by atoms with E-state index in [-0.39, 0.29) is 6.10 Å². The smallest absolute Gasteiger partial charge is 0.141 e. The molecule has 1 aromatic rings. The summed E-state index contributed by atoms with van der Waals surface area (Å²) < 4.78 is 10.8. The van der Waals surface area contributed by atoms with Crippen LogP contribution >= 0.6 is 23.2 Å². The van der Waals surface area contributed by atoms with Gasteiger partial charge in [-0.15, -0.1) is 0 Å². The van der Waals surface area contributed by atoms with Crippen molar-refractivity contribution in [3.63, 3.8) is 0 Å². The minimum atomic E-state index is -0.0739. The number of ether oxygens (including phenoxy) is 2. The first kappa shape index (κ1) is 14.6. The third-order valence-electron chi connectivity index (χ3n) is 2.22. The van der Waals surface area contributed by atoms with E-state index in [2.05, 4.69) is 0 Å². The second-order valence-corrected chi connectivity index (χ2v) is 4.64. The number of methoxy groups -OCH3 is 1. The van der Waals surface area contributed by atoms with Crippen molar-refractivity contribution >= 4 is 23.2 Å². The molecule has 2 N–H and O–H groups in total. The van der Waals surface area contributed by atoms with Gasteiger partial charge in [0, 0.05) is 12.1 Å². The van der Waals surface area contributed by atoms with Crippen LogP contribution in [-0.2, 0) is 11.2 Å². The fourth-order valence-corrected chi connectivity index (χ4v) is 2.14. The minimum absolute atomic E-state index is 0.0739. The molecular weight excluding hydrogens is 261 g/mol. The average molecular weight is 278 g/mol. The number of benzene rings is 1. The van der Waals surface area contributed by atoms with E-state index in [9.17, 15) is 0 Å². The zero-order valence-corrected chi connectivity index (χ0v) is 11.5. The van der Waals surface area contributed by atoms with Gasteiger partial charge in [0.15, 0.2) is 0 Å². The molecule has 1 rings (SSSR count). The van der Waals surface area contributed by atoms with E-state index in [0.29, 0.717) is 35.4 Å². The van der Waals surface area contributed by atoms with E-state index in [1.807, 2.05) is 13.0 Å². The van der Waals surface area contributed by atoms with Gasteiger partial charge >= 0.3 is 0 Å². The van der Waals surface area contributed by atoms with E-state index in [0.717, 1.165) is 5.56 Å². The minimum Gasteiger partial charge on any atom is -0.486 e. The van der Waals surface area contributed by atoms with Gasteiger partial charge in [0.05, 0.1) is 11.6 Å². The highest BCUT2D eigenvalue weighted by Gasteiger charge is 2.13. The zero-order valence-electron chi connectivity index (χ0n) is 10.0. The highest BCUT2D eigenvalue weighted by Crippen LogP contribution is 2.33. The molecule has 0 bridgehead atoms. The van der Waals surface area contributed by atoms with Gasteiger partial charge in [0.2, 0.25) is 0 Å². The van der Waals surface area contributed by atoms with Crippen molar-refractivity contribution in [1.29, 1.82) is 0 Å². The fraction of sp³-hybridized carbons (Fsp3) is 0.500. The van der Waals surface area contributed by atoms with E-state index in [1.165, 1.54) is 0 Å². The SMILES string of the molecule is COCC(C)Oc1c(Cl)cc(Cl)cc1CCN. The summed E-state index contributed by atoms with van der Waals surface area (Å²) in [4.78, 5) is 0. The Morgan fingerprint density at radius 1 is 1.35 bits per heavy atom. The Bertz CT molecular complexity index is 372. The summed E-state index contributed by atoms with van der Waals surface area (Å²) in [6, 6.07) is 3.49. The van der Waals surface area contributed by atoms with Gasteiger partial charge in [-0.25, -0.2) is 0 Å². The molecule has 0 amide bonds. The molecule has 0 saturated heterocycles. The Kier molecular flexibility index (Phi) is 6.06. The number of hydrogen-bond donors (Lipinski definition) is 1. The second-order valence-electron chi connectivity index (χ2n) is 3.80. The van der Waals surface area contributed by atoms with Crippen molar-refractivity contribution in [2.45, 2.75) is 19.4 Å². The normalized spacial score (nSPS) is 12.5.